The summed E-state index contributed by atoms with van der Waals surface area (Å²) in [6, 6.07) is 7.65. The Morgan fingerprint density at radius 2 is 1.83 bits per heavy atom. The van der Waals surface area contributed by atoms with Crippen LogP contribution < -0.4 is 5.32 Å². The molecule has 3 rings (SSSR count). The summed E-state index contributed by atoms with van der Waals surface area (Å²) in [5.74, 6) is -0.298. The largest absolute Gasteiger partial charge is 0.436 e. The van der Waals surface area contributed by atoms with E-state index in [0.717, 1.165) is 24.3 Å². The highest BCUT2D eigenvalue weighted by molar-refractivity contribution is 6.31. The first-order chi connectivity index (χ1) is 13.7. The molecule has 5 nitrogen and oxygen atoms in total. The number of likely N-dealkylation sites (tertiary alicyclic amines) is 1. The molecule has 1 aliphatic heterocycles. The van der Waals surface area contributed by atoms with Crippen LogP contribution in [0.4, 0.5) is 18.9 Å². The molecule has 0 radical (unpaired) electrons. The number of aromatic nitrogens is 2. The van der Waals surface area contributed by atoms with Gasteiger partial charge in [0.2, 0.25) is 5.91 Å². The zero-order valence-electron chi connectivity index (χ0n) is 16.2. The minimum absolute atomic E-state index is 0.00826. The van der Waals surface area contributed by atoms with E-state index in [1.807, 2.05) is 24.3 Å². The average molecular weight is 429 g/mol. The fourth-order valence-electron chi connectivity index (χ4n) is 3.42. The van der Waals surface area contributed by atoms with E-state index in [1.54, 1.807) is 0 Å². The number of rotatable bonds is 6. The Kier molecular flexibility index (Phi) is 6.85. The molecular weight excluding hydrogens is 405 g/mol. The Morgan fingerprint density at radius 1 is 1.17 bits per heavy atom. The first-order valence-corrected chi connectivity index (χ1v) is 10.0. The zero-order chi connectivity index (χ0) is 21.0. The number of halogens is 4. The Bertz CT molecular complexity index is 843. The predicted molar refractivity (Wildman–Crippen MR) is 106 cm³/mol. The highest BCUT2D eigenvalue weighted by atomic mass is 35.5. The van der Waals surface area contributed by atoms with Gasteiger partial charge in [-0.2, -0.15) is 18.3 Å². The van der Waals surface area contributed by atoms with Crippen LogP contribution in [0.1, 0.15) is 42.6 Å². The molecule has 0 atom stereocenters. The van der Waals surface area contributed by atoms with Crippen molar-refractivity contribution in [2.45, 2.75) is 51.9 Å². The van der Waals surface area contributed by atoms with Gasteiger partial charge in [-0.15, -0.1) is 0 Å². The number of carbonyl (C=O) groups is 1. The van der Waals surface area contributed by atoms with Crippen LogP contribution in [0.25, 0.3) is 0 Å². The Morgan fingerprint density at radius 3 is 2.41 bits per heavy atom. The molecule has 2 heterocycles. The Balaban J connectivity index is 1.52. The first-order valence-electron chi connectivity index (χ1n) is 9.65. The monoisotopic (exact) mass is 428 g/mol. The molecule has 0 spiro atoms. The molecule has 1 aliphatic rings. The lowest BCUT2D eigenvalue weighted by molar-refractivity contribution is -0.141. The molecule has 1 amide bonds. The van der Waals surface area contributed by atoms with Gasteiger partial charge in [-0.3, -0.25) is 14.4 Å². The highest BCUT2D eigenvalue weighted by Crippen LogP contribution is 2.35. The summed E-state index contributed by atoms with van der Waals surface area (Å²) in [7, 11) is 0. The number of nitrogens with zero attached hydrogens (tertiary/aromatic N) is 3. The van der Waals surface area contributed by atoms with Crippen molar-refractivity contribution in [2.24, 2.45) is 0 Å². The molecule has 29 heavy (non-hydrogen) atoms. The minimum atomic E-state index is -4.62. The van der Waals surface area contributed by atoms with Gasteiger partial charge >= 0.3 is 6.18 Å². The third kappa shape index (κ3) is 5.73. The fraction of sp³-hybridized carbons (Fsp3) is 0.500. The number of benzene rings is 1. The quantitative estimate of drug-likeness (QED) is 0.713. The minimum Gasteiger partial charge on any atom is -0.326 e. The average Bonchev–Trinajstić information content (AvgIpc) is 2.97. The molecule has 158 valence electrons. The van der Waals surface area contributed by atoms with Gasteiger partial charge in [-0.1, -0.05) is 30.2 Å². The van der Waals surface area contributed by atoms with Gasteiger partial charge in [0, 0.05) is 18.7 Å². The lowest BCUT2D eigenvalue weighted by Gasteiger charge is -2.26. The first kappa shape index (κ1) is 21.6. The van der Waals surface area contributed by atoms with E-state index in [1.165, 1.54) is 31.7 Å². The number of nitrogens with one attached hydrogen (secondary N) is 1. The molecule has 0 unspecified atom stereocenters. The van der Waals surface area contributed by atoms with Crippen molar-refractivity contribution in [3.8, 4) is 0 Å². The zero-order valence-corrected chi connectivity index (χ0v) is 17.0. The molecule has 1 saturated heterocycles. The number of amides is 1. The lowest BCUT2D eigenvalue weighted by atomic mass is 10.1. The van der Waals surface area contributed by atoms with E-state index in [0.29, 0.717) is 5.69 Å². The summed E-state index contributed by atoms with van der Waals surface area (Å²) in [4.78, 5) is 14.6. The van der Waals surface area contributed by atoms with Gasteiger partial charge in [0.05, 0.1) is 17.3 Å². The maximum atomic E-state index is 12.9. The molecule has 1 fully saturated rings. The van der Waals surface area contributed by atoms with E-state index >= 15 is 0 Å². The number of alkyl halides is 3. The van der Waals surface area contributed by atoms with Crippen LogP contribution in [-0.4, -0.2) is 33.7 Å². The van der Waals surface area contributed by atoms with Crippen molar-refractivity contribution >= 4 is 23.2 Å². The second kappa shape index (κ2) is 9.17. The second-order valence-electron chi connectivity index (χ2n) is 7.30. The van der Waals surface area contributed by atoms with Crippen LogP contribution >= 0.6 is 11.6 Å². The molecule has 0 bridgehead atoms. The van der Waals surface area contributed by atoms with Gasteiger partial charge in [-0.25, -0.2) is 0 Å². The van der Waals surface area contributed by atoms with E-state index in [9.17, 15) is 18.0 Å². The van der Waals surface area contributed by atoms with Gasteiger partial charge in [-0.05, 0) is 50.6 Å². The van der Waals surface area contributed by atoms with Crippen LogP contribution in [0.5, 0.6) is 0 Å². The molecule has 1 aromatic carbocycles. The van der Waals surface area contributed by atoms with Crippen LogP contribution in [0.15, 0.2) is 24.3 Å². The van der Waals surface area contributed by atoms with E-state index in [-0.39, 0.29) is 24.6 Å². The van der Waals surface area contributed by atoms with Crippen LogP contribution in [0.2, 0.25) is 5.02 Å². The lowest BCUT2D eigenvalue weighted by Crippen LogP contribution is -2.29. The van der Waals surface area contributed by atoms with Crippen molar-refractivity contribution in [2.75, 3.05) is 18.4 Å². The maximum absolute atomic E-state index is 12.9. The number of anilines is 1. The fourth-order valence-corrected chi connectivity index (χ4v) is 3.67. The number of hydrogen-bond acceptors (Lipinski definition) is 3. The number of hydrogen-bond donors (Lipinski definition) is 1. The molecular formula is C20H24ClF3N4O. The van der Waals surface area contributed by atoms with Gasteiger partial charge < -0.3 is 5.32 Å². The Hall–Kier alpha value is -2.06. The van der Waals surface area contributed by atoms with Gasteiger partial charge in [0.1, 0.15) is 0 Å². The molecule has 0 aliphatic carbocycles. The van der Waals surface area contributed by atoms with E-state index in [4.69, 9.17) is 11.6 Å². The van der Waals surface area contributed by atoms with Crippen molar-refractivity contribution in [3.05, 3.63) is 46.2 Å². The third-order valence-electron chi connectivity index (χ3n) is 5.05. The summed E-state index contributed by atoms with van der Waals surface area (Å²) in [5.41, 5.74) is 0.908. The molecule has 9 heteroatoms. The molecule has 2 aromatic rings. The van der Waals surface area contributed by atoms with Crippen LogP contribution in [0.3, 0.4) is 0 Å². The SMILES string of the molecule is Cc1c(Cl)c(C(F)(F)F)nn1CCC(=O)Nc1ccc(CN2CCCCC2)cc1. The van der Waals surface area contributed by atoms with Crippen LogP contribution in [0, 0.1) is 6.92 Å². The normalized spacial score (nSPS) is 15.5. The topological polar surface area (TPSA) is 50.2 Å². The predicted octanol–water partition coefficient (Wildman–Crippen LogP) is 4.88. The number of aryl methyl sites for hydroxylation is 1. The summed E-state index contributed by atoms with van der Waals surface area (Å²) < 4.78 is 39.7. The number of piperidine rings is 1. The molecule has 1 aromatic heterocycles. The second-order valence-corrected chi connectivity index (χ2v) is 7.68. The maximum Gasteiger partial charge on any atom is 0.436 e. The van der Waals surface area contributed by atoms with E-state index < -0.39 is 16.9 Å². The van der Waals surface area contributed by atoms with Crippen molar-refractivity contribution in [1.82, 2.24) is 14.7 Å². The highest BCUT2D eigenvalue weighted by Gasteiger charge is 2.38. The summed E-state index contributed by atoms with van der Waals surface area (Å²) in [5, 5.41) is 5.84. The van der Waals surface area contributed by atoms with Gasteiger partial charge in [0.25, 0.3) is 0 Å². The Labute approximate surface area is 172 Å². The van der Waals surface area contributed by atoms with Crippen molar-refractivity contribution in [1.29, 1.82) is 0 Å². The summed E-state index contributed by atoms with van der Waals surface area (Å²) in [6.45, 7) is 4.59. The standard InChI is InChI=1S/C20H24ClF3N4O/c1-14-18(21)19(20(22,23)24)26-28(14)12-9-17(29)25-16-7-5-15(6-8-16)13-27-10-3-2-4-11-27/h5-8H,2-4,9-13H2,1H3,(H,25,29). The molecule has 0 saturated carbocycles. The van der Waals surface area contributed by atoms with Crippen LogP contribution in [-0.2, 0) is 24.1 Å². The van der Waals surface area contributed by atoms with Gasteiger partial charge in [0.15, 0.2) is 5.69 Å². The summed E-state index contributed by atoms with van der Waals surface area (Å²) >= 11 is 5.72. The van der Waals surface area contributed by atoms with Crippen molar-refractivity contribution < 1.29 is 18.0 Å². The number of carbonyl (C=O) groups excluding carboxylic acids is 1. The smallest absolute Gasteiger partial charge is 0.326 e. The molecule has 1 N–H and O–H groups in total. The summed E-state index contributed by atoms with van der Waals surface area (Å²) in [6.07, 6.45) is -0.862. The third-order valence-corrected chi connectivity index (χ3v) is 5.50. The van der Waals surface area contributed by atoms with E-state index in [2.05, 4.69) is 15.3 Å². The van der Waals surface area contributed by atoms with Crippen molar-refractivity contribution in [3.63, 3.8) is 0 Å².